The first-order valence-electron chi connectivity index (χ1n) is 9.36. The van der Waals surface area contributed by atoms with E-state index >= 15 is 0 Å². The lowest BCUT2D eigenvalue weighted by Gasteiger charge is -2.38. The summed E-state index contributed by atoms with van der Waals surface area (Å²) in [6.45, 7) is 3.08. The van der Waals surface area contributed by atoms with Gasteiger partial charge >= 0.3 is 0 Å². The van der Waals surface area contributed by atoms with Crippen molar-refractivity contribution in [2.24, 2.45) is 7.05 Å². The van der Waals surface area contributed by atoms with E-state index in [4.69, 9.17) is 0 Å². The Morgan fingerprint density at radius 1 is 1.27 bits per heavy atom. The third kappa shape index (κ3) is 2.34. The topological polar surface area (TPSA) is 79.3 Å². The predicted octanol–water partition coefficient (Wildman–Crippen LogP) is 1.04. The molecule has 1 unspecified atom stereocenters. The fourth-order valence-corrected chi connectivity index (χ4v) is 4.49. The van der Waals surface area contributed by atoms with Crippen molar-refractivity contribution < 1.29 is 9.59 Å². The molecule has 3 fully saturated rings. The number of imide groups is 1. The normalized spacial score (nSPS) is 25.0. The Morgan fingerprint density at radius 2 is 2.12 bits per heavy atom. The first-order chi connectivity index (χ1) is 12.6. The van der Waals surface area contributed by atoms with Crippen LogP contribution in [0.4, 0.5) is 5.69 Å². The van der Waals surface area contributed by atoms with Gasteiger partial charge in [0.05, 0.1) is 22.7 Å². The molecule has 1 aliphatic carbocycles. The van der Waals surface area contributed by atoms with E-state index in [1.54, 1.807) is 0 Å². The van der Waals surface area contributed by atoms with Crippen molar-refractivity contribution in [3.63, 3.8) is 0 Å². The van der Waals surface area contributed by atoms with Gasteiger partial charge in [0.1, 0.15) is 0 Å². The fraction of sp³-hybridized carbons (Fsp3) is 0.526. The van der Waals surface area contributed by atoms with Gasteiger partial charge in [-0.15, -0.1) is 0 Å². The Morgan fingerprint density at radius 3 is 2.88 bits per heavy atom. The maximum absolute atomic E-state index is 12.3. The minimum atomic E-state index is -0.351. The number of carbonyl (C=O) groups excluding carboxylic acids is 2. The summed E-state index contributed by atoms with van der Waals surface area (Å²) in [6, 6.07) is 6.45. The zero-order valence-electron chi connectivity index (χ0n) is 14.9. The summed E-state index contributed by atoms with van der Waals surface area (Å²) in [7, 11) is 1.92. The number of amides is 2. The second kappa shape index (κ2) is 5.54. The molecule has 136 valence electrons. The molecule has 1 aromatic carbocycles. The number of aromatic nitrogens is 2. The molecular formula is C19H23N5O2. The number of rotatable bonds is 2. The average molecular weight is 353 g/mol. The summed E-state index contributed by atoms with van der Waals surface area (Å²) in [6.07, 6.45) is 3.38. The quantitative estimate of drug-likeness (QED) is 0.789. The highest BCUT2D eigenvalue weighted by atomic mass is 16.2. The summed E-state index contributed by atoms with van der Waals surface area (Å²) >= 11 is 0. The van der Waals surface area contributed by atoms with Crippen LogP contribution in [0.15, 0.2) is 18.2 Å². The highest BCUT2D eigenvalue weighted by Gasteiger charge is 2.49. The summed E-state index contributed by atoms with van der Waals surface area (Å²) < 4.78 is 1.86. The van der Waals surface area contributed by atoms with Gasteiger partial charge in [0.25, 0.3) is 0 Å². The summed E-state index contributed by atoms with van der Waals surface area (Å²) in [5.74, 6) is -0.775. The van der Waals surface area contributed by atoms with Gasteiger partial charge in [-0.25, -0.2) is 0 Å². The van der Waals surface area contributed by atoms with Crippen molar-refractivity contribution >= 4 is 28.4 Å². The zero-order chi connectivity index (χ0) is 17.9. The second-order valence-electron chi connectivity index (χ2n) is 7.77. The Kier molecular flexibility index (Phi) is 3.37. The highest BCUT2D eigenvalue weighted by molar-refractivity contribution is 6.02. The molecule has 3 aliphatic rings. The van der Waals surface area contributed by atoms with Crippen LogP contribution in [-0.4, -0.2) is 46.8 Å². The standard InChI is InChI=1S/C19H23N5O2/c1-23-15-10-12(24-9-8-20-11-19(24)6-7-19)2-3-13(15)17(22-23)14-4-5-16(25)21-18(14)26/h2-3,10,14,20H,4-9,11H2,1H3,(H,21,25,26). The van der Waals surface area contributed by atoms with Crippen molar-refractivity contribution in [3.05, 3.63) is 23.9 Å². The first-order valence-corrected chi connectivity index (χ1v) is 9.36. The molecule has 7 heteroatoms. The van der Waals surface area contributed by atoms with Crippen molar-refractivity contribution in [3.8, 4) is 0 Å². The van der Waals surface area contributed by atoms with Gasteiger partial charge < -0.3 is 10.2 Å². The van der Waals surface area contributed by atoms with Gasteiger partial charge in [-0.3, -0.25) is 19.6 Å². The average Bonchev–Trinajstić information content (AvgIpc) is 3.32. The van der Waals surface area contributed by atoms with Crippen LogP contribution in [0, 0.1) is 0 Å². The number of carbonyl (C=O) groups is 2. The number of anilines is 1. The summed E-state index contributed by atoms with van der Waals surface area (Å²) in [5, 5.41) is 11.6. The van der Waals surface area contributed by atoms with E-state index in [1.165, 1.54) is 18.5 Å². The van der Waals surface area contributed by atoms with Crippen LogP contribution in [0.1, 0.15) is 37.3 Å². The number of hydrogen-bond donors (Lipinski definition) is 2. The highest BCUT2D eigenvalue weighted by Crippen LogP contribution is 2.45. The van der Waals surface area contributed by atoms with Crippen LogP contribution >= 0.6 is 0 Å². The molecule has 2 saturated heterocycles. The van der Waals surface area contributed by atoms with E-state index < -0.39 is 0 Å². The largest absolute Gasteiger partial charge is 0.363 e. The molecule has 3 heterocycles. The molecule has 2 amide bonds. The molecule has 2 N–H and O–H groups in total. The predicted molar refractivity (Wildman–Crippen MR) is 98.0 cm³/mol. The Bertz CT molecular complexity index is 914. The van der Waals surface area contributed by atoms with Crippen molar-refractivity contribution in [2.75, 3.05) is 24.5 Å². The SMILES string of the molecule is Cn1nc(C2CCC(=O)NC2=O)c2ccc(N3CCNCC34CC4)cc21. The maximum Gasteiger partial charge on any atom is 0.235 e. The molecule has 0 bridgehead atoms. The molecule has 5 rings (SSSR count). The summed E-state index contributed by atoms with van der Waals surface area (Å²) in [5.41, 5.74) is 3.34. The lowest BCUT2D eigenvalue weighted by Crippen LogP contribution is -2.53. The number of nitrogens with zero attached hydrogens (tertiary/aromatic N) is 3. The van der Waals surface area contributed by atoms with Gasteiger partial charge in [-0.1, -0.05) is 0 Å². The molecule has 2 aliphatic heterocycles. The van der Waals surface area contributed by atoms with E-state index in [1.807, 2.05) is 11.7 Å². The molecule has 1 aromatic heterocycles. The number of piperidine rings is 1. The van der Waals surface area contributed by atoms with Gasteiger partial charge in [0, 0.05) is 44.2 Å². The van der Waals surface area contributed by atoms with Gasteiger partial charge in [0.15, 0.2) is 0 Å². The summed E-state index contributed by atoms with van der Waals surface area (Å²) in [4.78, 5) is 26.2. The number of nitrogens with one attached hydrogen (secondary N) is 2. The minimum absolute atomic E-state index is 0.192. The van der Waals surface area contributed by atoms with Crippen LogP contribution in [0.2, 0.25) is 0 Å². The van der Waals surface area contributed by atoms with E-state index in [-0.39, 0.29) is 23.3 Å². The second-order valence-corrected chi connectivity index (χ2v) is 7.77. The first kappa shape index (κ1) is 15.8. The Hall–Kier alpha value is -2.41. The number of aryl methyl sites for hydroxylation is 1. The lowest BCUT2D eigenvalue weighted by molar-refractivity contribution is -0.134. The van der Waals surface area contributed by atoms with Gasteiger partial charge in [0.2, 0.25) is 11.8 Å². The number of piperazine rings is 1. The van der Waals surface area contributed by atoms with Crippen LogP contribution in [0.5, 0.6) is 0 Å². The molecule has 7 nitrogen and oxygen atoms in total. The van der Waals surface area contributed by atoms with E-state index in [2.05, 4.69) is 38.8 Å². The zero-order valence-corrected chi connectivity index (χ0v) is 14.9. The van der Waals surface area contributed by atoms with Gasteiger partial charge in [-0.05, 0) is 37.5 Å². The van der Waals surface area contributed by atoms with Crippen molar-refractivity contribution in [1.82, 2.24) is 20.4 Å². The van der Waals surface area contributed by atoms with E-state index in [0.717, 1.165) is 36.2 Å². The molecule has 26 heavy (non-hydrogen) atoms. The maximum atomic E-state index is 12.3. The molecule has 1 atom stereocenters. The smallest absolute Gasteiger partial charge is 0.235 e. The van der Waals surface area contributed by atoms with Crippen LogP contribution in [-0.2, 0) is 16.6 Å². The monoisotopic (exact) mass is 353 g/mol. The molecular weight excluding hydrogens is 330 g/mol. The third-order valence-corrected chi connectivity index (χ3v) is 6.11. The molecule has 2 aromatic rings. The number of fused-ring (bicyclic) bond motifs is 1. The lowest BCUT2D eigenvalue weighted by atomic mass is 9.92. The third-order valence-electron chi connectivity index (χ3n) is 6.11. The van der Waals surface area contributed by atoms with Gasteiger partial charge in [-0.2, -0.15) is 5.10 Å². The van der Waals surface area contributed by atoms with E-state index in [9.17, 15) is 9.59 Å². The van der Waals surface area contributed by atoms with Crippen molar-refractivity contribution in [1.29, 1.82) is 0 Å². The molecule has 1 spiro atoms. The van der Waals surface area contributed by atoms with Crippen LogP contribution < -0.4 is 15.5 Å². The minimum Gasteiger partial charge on any atom is -0.363 e. The Labute approximate surface area is 151 Å². The van der Waals surface area contributed by atoms with E-state index in [0.29, 0.717) is 12.8 Å². The van der Waals surface area contributed by atoms with Crippen molar-refractivity contribution in [2.45, 2.75) is 37.1 Å². The molecule has 0 radical (unpaired) electrons. The van der Waals surface area contributed by atoms with Crippen LogP contribution in [0.3, 0.4) is 0 Å². The number of hydrogen-bond acceptors (Lipinski definition) is 5. The Balaban J connectivity index is 1.53. The number of benzene rings is 1. The fourth-order valence-electron chi connectivity index (χ4n) is 4.49. The van der Waals surface area contributed by atoms with Crippen LogP contribution in [0.25, 0.3) is 10.9 Å². The molecule has 1 saturated carbocycles.